The first-order chi connectivity index (χ1) is 14.0. The van der Waals surface area contributed by atoms with Gasteiger partial charge in [-0.05, 0) is 57.2 Å². The molecule has 2 rings (SSSR count). The van der Waals surface area contributed by atoms with Gasteiger partial charge < -0.3 is 19.1 Å². The van der Waals surface area contributed by atoms with Gasteiger partial charge in [-0.2, -0.15) is 0 Å². The van der Waals surface area contributed by atoms with E-state index in [0.29, 0.717) is 0 Å². The van der Waals surface area contributed by atoms with E-state index < -0.39 is 32.3 Å². The molecule has 7 nitrogen and oxygen atoms in total. The van der Waals surface area contributed by atoms with Crippen LogP contribution < -0.4 is 18.9 Å². The Balaban J connectivity index is 2.09. The molecule has 0 aliphatic heterocycles. The molecule has 0 fully saturated rings. The van der Waals surface area contributed by atoms with Crippen LogP contribution in [0.5, 0.6) is 23.0 Å². The number of carbonyl (C=O) groups excluding carboxylic acids is 1. The highest BCUT2D eigenvalue weighted by molar-refractivity contribution is 7.34. The molecule has 2 aromatic carbocycles. The lowest BCUT2D eigenvalue weighted by Crippen LogP contribution is -2.21. The van der Waals surface area contributed by atoms with E-state index in [-0.39, 0.29) is 23.4 Å². The standard InChI is InChI=1S/C19H19F3NO6P/c1-12(2)26-18(24)13(3)23-30(25)29-17-7-5-4-6-16(17)27-14-8-10-15(11-9-14)28-19(20,21)22/h4-13H,1-3H3/t13-/m0/s1. The van der Waals surface area contributed by atoms with E-state index in [9.17, 15) is 22.9 Å². The Hall–Kier alpha value is -2.84. The van der Waals surface area contributed by atoms with Crippen LogP contribution in [0.25, 0.3) is 0 Å². The van der Waals surface area contributed by atoms with Crippen molar-refractivity contribution >= 4 is 14.1 Å². The highest BCUT2D eigenvalue weighted by atomic mass is 31.1. The van der Waals surface area contributed by atoms with Crippen LogP contribution in [-0.2, 0) is 9.53 Å². The first-order valence-corrected chi connectivity index (χ1v) is 9.85. The predicted molar refractivity (Wildman–Crippen MR) is 100 cm³/mol. The summed E-state index contributed by atoms with van der Waals surface area (Å²) >= 11 is 0. The van der Waals surface area contributed by atoms with Gasteiger partial charge in [0.25, 0.3) is 0 Å². The first kappa shape index (κ1) is 23.4. The molecule has 0 aliphatic carbocycles. The maximum Gasteiger partial charge on any atom is 0.573 e. The molecule has 0 saturated carbocycles. The number of esters is 1. The molecule has 1 unspecified atom stereocenters. The summed E-state index contributed by atoms with van der Waals surface area (Å²) < 4.78 is 60.1. The van der Waals surface area contributed by atoms with E-state index in [0.717, 1.165) is 12.1 Å². The predicted octanol–water partition coefficient (Wildman–Crippen LogP) is 4.95. The summed E-state index contributed by atoms with van der Waals surface area (Å²) in [6.07, 6.45) is -5.13. The van der Waals surface area contributed by atoms with Crippen LogP contribution in [0.2, 0.25) is 0 Å². The topological polar surface area (TPSA) is 89.4 Å². The lowest BCUT2D eigenvalue weighted by atomic mass is 10.3. The third kappa shape index (κ3) is 7.88. The van der Waals surface area contributed by atoms with Gasteiger partial charge >= 0.3 is 20.5 Å². The fourth-order valence-electron chi connectivity index (χ4n) is 2.07. The molecule has 0 heterocycles. The molecule has 0 radical (unpaired) electrons. The van der Waals surface area contributed by atoms with Gasteiger partial charge in [-0.25, -0.2) is 4.79 Å². The number of alkyl halides is 3. The Bertz CT molecular complexity index is 887. The molecule has 0 N–H and O–H groups in total. The molecule has 162 valence electrons. The summed E-state index contributed by atoms with van der Waals surface area (Å²) in [4.78, 5) is 23.9. The van der Waals surface area contributed by atoms with Crippen LogP contribution in [0.3, 0.4) is 0 Å². The zero-order chi connectivity index (χ0) is 22.3. The van der Waals surface area contributed by atoms with E-state index >= 15 is 0 Å². The SMILES string of the molecule is CC(C)OC(=O)[C@H](C)N=[P+]([O-])Oc1ccccc1Oc1ccc(OC(F)(F)F)cc1. The smallest absolute Gasteiger partial charge is 0.573 e. The van der Waals surface area contributed by atoms with E-state index in [4.69, 9.17) is 14.0 Å². The van der Waals surface area contributed by atoms with Gasteiger partial charge in [0.15, 0.2) is 11.8 Å². The van der Waals surface area contributed by atoms with Crippen molar-refractivity contribution in [3.8, 4) is 23.0 Å². The number of benzene rings is 2. The number of rotatable bonds is 8. The minimum absolute atomic E-state index is 0.0717. The molecule has 11 heteroatoms. The summed E-state index contributed by atoms with van der Waals surface area (Å²) in [5.74, 6) is -0.617. The molecule has 2 aromatic rings. The average Bonchev–Trinajstić information content (AvgIpc) is 2.63. The van der Waals surface area contributed by atoms with Crippen molar-refractivity contribution in [2.45, 2.75) is 39.3 Å². The highest BCUT2D eigenvalue weighted by Gasteiger charge is 2.31. The van der Waals surface area contributed by atoms with E-state index in [1.54, 1.807) is 26.0 Å². The molecule has 0 saturated heterocycles. The Kier molecular flexibility index (Phi) is 8.02. The van der Waals surface area contributed by atoms with Crippen molar-refractivity contribution in [1.82, 2.24) is 0 Å². The quantitative estimate of drug-likeness (QED) is 0.422. The van der Waals surface area contributed by atoms with Crippen molar-refractivity contribution in [2.24, 2.45) is 4.74 Å². The van der Waals surface area contributed by atoms with Gasteiger partial charge in [-0.1, -0.05) is 16.9 Å². The number of hydrogen-bond acceptors (Lipinski definition) is 7. The van der Waals surface area contributed by atoms with Gasteiger partial charge in [0.2, 0.25) is 5.75 Å². The second kappa shape index (κ2) is 10.3. The lowest BCUT2D eigenvalue weighted by Gasteiger charge is -2.11. The number of carbonyl (C=O) groups is 1. The zero-order valence-electron chi connectivity index (χ0n) is 16.3. The van der Waals surface area contributed by atoms with Gasteiger partial charge in [-0.3, -0.25) is 4.52 Å². The zero-order valence-corrected chi connectivity index (χ0v) is 17.1. The minimum Gasteiger partial charge on any atom is -0.575 e. The Morgan fingerprint density at radius 1 is 1.00 bits per heavy atom. The third-order valence-electron chi connectivity index (χ3n) is 3.27. The van der Waals surface area contributed by atoms with E-state index in [2.05, 4.69) is 9.48 Å². The number of hydrogen-bond donors (Lipinski definition) is 0. The fraction of sp³-hybridized carbons (Fsp3) is 0.316. The Morgan fingerprint density at radius 3 is 2.13 bits per heavy atom. The lowest BCUT2D eigenvalue weighted by molar-refractivity contribution is -0.274. The molecule has 0 spiro atoms. The summed E-state index contributed by atoms with van der Waals surface area (Å²) in [7, 11) is -2.62. The number of nitrogens with zero attached hydrogens (tertiary/aromatic N) is 1. The van der Waals surface area contributed by atoms with Crippen LogP contribution in [0, 0.1) is 0 Å². The van der Waals surface area contributed by atoms with Crippen molar-refractivity contribution in [1.29, 1.82) is 0 Å². The first-order valence-electron chi connectivity index (χ1n) is 8.72. The van der Waals surface area contributed by atoms with Crippen LogP contribution in [0.4, 0.5) is 13.2 Å². The van der Waals surface area contributed by atoms with Crippen molar-refractivity contribution in [3.05, 3.63) is 48.5 Å². The number of halogens is 3. The number of ether oxygens (including phenoxy) is 3. The van der Waals surface area contributed by atoms with E-state index in [1.165, 1.54) is 31.2 Å². The number of para-hydroxylation sites is 2. The molecular formula is C19H19F3NO6P. The van der Waals surface area contributed by atoms with Crippen LogP contribution in [0.1, 0.15) is 20.8 Å². The molecule has 0 aromatic heterocycles. The van der Waals surface area contributed by atoms with E-state index in [1.807, 2.05) is 0 Å². The summed E-state index contributed by atoms with van der Waals surface area (Å²) in [5.41, 5.74) is 0. The normalized spacial score (nSPS) is 13.0. The van der Waals surface area contributed by atoms with Gasteiger partial charge in [-0.15, -0.1) is 13.2 Å². The molecule has 2 atom stereocenters. The van der Waals surface area contributed by atoms with Crippen LogP contribution in [0.15, 0.2) is 53.3 Å². The minimum atomic E-state index is -4.80. The third-order valence-corrected chi connectivity index (χ3v) is 4.16. The van der Waals surface area contributed by atoms with Crippen LogP contribution in [-0.4, -0.2) is 24.5 Å². The Morgan fingerprint density at radius 2 is 1.57 bits per heavy atom. The summed E-state index contributed by atoms with van der Waals surface area (Å²) in [6, 6.07) is 9.92. The second-order valence-corrected chi connectivity index (χ2v) is 7.06. The monoisotopic (exact) mass is 445 g/mol. The van der Waals surface area contributed by atoms with Crippen molar-refractivity contribution < 1.29 is 41.6 Å². The maximum absolute atomic E-state index is 12.2. The highest BCUT2D eigenvalue weighted by Crippen LogP contribution is 2.36. The Labute approximate surface area is 172 Å². The van der Waals surface area contributed by atoms with Gasteiger partial charge in [0.05, 0.1) is 6.10 Å². The maximum atomic E-state index is 12.2. The van der Waals surface area contributed by atoms with Gasteiger partial charge in [0.1, 0.15) is 11.5 Å². The molecule has 0 bridgehead atoms. The summed E-state index contributed by atoms with van der Waals surface area (Å²) in [5, 5.41) is 0. The largest absolute Gasteiger partial charge is 0.575 e. The van der Waals surface area contributed by atoms with Crippen LogP contribution >= 0.6 is 8.17 Å². The van der Waals surface area contributed by atoms with Gasteiger partial charge in [0, 0.05) is 0 Å². The molecule has 0 amide bonds. The van der Waals surface area contributed by atoms with Crippen molar-refractivity contribution in [2.75, 3.05) is 0 Å². The second-order valence-electron chi connectivity index (χ2n) is 6.17. The average molecular weight is 445 g/mol. The fourth-order valence-corrected chi connectivity index (χ4v) is 2.82. The molecule has 30 heavy (non-hydrogen) atoms. The molecule has 0 aliphatic rings. The summed E-state index contributed by atoms with van der Waals surface area (Å²) in [6.45, 7) is 4.78. The molecular weight excluding hydrogens is 426 g/mol. The van der Waals surface area contributed by atoms with Crippen molar-refractivity contribution in [3.63, 3.8) is 0 Å².